The lowest BCUT2D eigenvalue weighted by molar-refractivity contribution is 0.272. The van der Waals surface area contributed by atoms with Gasteiger partial charge in [-0.2, -0.15) is 13.7 Å². The molecule has 0 aliphatic carbocycles. The molecule has 0 spiro atoms. The van der Waals surface area contributed by atoms with Crippen LogP contribution in [0, 0.1) is 13.8 Å². The van der Waals surface area contributed by atoms with Crippen molar-refractivity contribution >= 4 is 20.0 Å². The van der Waals surface area contributed by atoms with Crippen LogP contribution in [-0.2, 0) is 32.5 Å². The van der Waals surface area contributed by atoms with E-state index in [0.717, 1.165) is 5.56 Å². The lowest BCUT2D eigenvalue weighted by Crippen LogP contribution is -2.50. The predicted molar refractivity (Wildman–Crippen MR) is 115 cm³/mol. The van der Waals surface area contributed by atoms with E-state index in [1.165, 1.54) is 8.61 Å². The van der Waals surface area contributed by atoms with Crippen molar-refractivity contribution in [3.8, 4) is 0 Å². The Hall–Kier alpha value is -1.75. The van der Waals surface area contributed by atoms with Crippen molar-refractivity contribution in [1.82, 2.24) is 18.4 Å². The average Bonchev–Trinajstić information content (AvgIpc) is 2.93. The normalized spacial score (nSPS) is 17.4. The second-order valence-corrected chi connectivity index (χ2v) is 12.5. The van der Waals surface area contributed by atoms with E-state index in [0.29, 0.717) is 11.4 Å². The van der Waals surface area contributed by atoms with Gasteiger partial charge in [-0.1, -0.05) is 32.9 Å². The number of hydrogen-bond donors (Lipinski definition) is 0. The van der Waals surface area contributed by atoms with Crippen molar-refractivity contribution in [2.24, 2.45) is 7.05 Å². The molecule has 1 aliphatic heterocycles. The van der Waals surface area contributed by atoms with Crippen molar-refractivity contribution in [1.29, 1.82) is 0 Å². The number of sulfonamides is 2. The van der Waals surface area contributed by atoms with Crippen LogP contribution in [0.1, 0.15) is 37.7 Å². The number of rotatable bonds is 4. The van der Waals surface area contributed by atoms with Crippen molar-refractivity contribution in [3.63, 3.8) is 0 Å². The quantitative estimate of drug-likeness (QED) is 0.705. The van der Waals surface area contributed by atoms with Crippen LogP contribution < -0.4 is 0 Å². The SMILES string of the molecule is Cc1nn(C)c(C)c1S(=O)(=O)N1CCN(S(=O)(=O)c2ccc(C(C)(C)C)cc2)CC1. The summed E-state index contributed by atoms with van der Waals surface area (Å²) in [6.07, 6.45) is 0. The molecule has 1 aliphatic rings. The van der Waals surface area contributed by atoms with E-state index in [9.17, 15) is 16.8 Å². The second-order valence-electron chi connectivity index (χ2n) is 8.71. The molecule has 0 atom stereocenters. The van der Waals surface area contributed by atoms with E-state index in [-0.39, 0.29) is 41.4 Å². The van der Waals surface area contributed by atoms with Crippen molar-refractivity contribution in [2.75, 3.05) is 26.2 Å². The summed E-state index contributed by atoms with van der Waals surface area (Å²) in [5.41, 5.74) is 2.01. The summed E-state index contributed by atoms with van der Waals surface area (Å²) in [7, 11) is -5.70. The molecular formula is C20H30N4O4S2. The third-order valence-electron chi connectivity index (χ3n) is 5.60. The van der Waals surface area contributed by atoms with Crippen LogP contribution in [0.4, 0.5) is 0 Å². The highest BCUT2D eigenvalue weighted by Crippen LogP contribution is 2.27. The molecule has 1 aromatic carbocycles. The van der Waals surface area contributed by atoms with Crippen molar-refractivity contribution in [2.45, 2.75) is 49.8 Å². The van der Waals surface area contributed by atoms with Crippen LogP contribution in [0.3, 0.4) is 0 Å². The molecule has 30 heavy (non-hydrogen) atoms. The lowest BCUT2D eigenvalue weighted by atomic mass is 9.87. The van der Waals surface area contributed by atoms with Gasteiger partial charge in [-0.15, -0.1) is 0 Å². The molecule has 3 rings (SSSR count). The number of aryl methyl sites for hydroxylation is 2. The summed E-state index contributed by atoms with van der Waals surface area (Å²) in [6.45, 7) is 10.0. The van der Waals surface area contributed by atoms with E-state index >= 15 is 0 Å². The molecule has 2 aromatic rings. The molecule has 0 saturated carbocycles. The van der Waals surface area contributed by atoms with Crippen LogP contribution >= 0.6 is 0 Å². The first kappa shape index (κ1) is 22.9. The number of benzene rings is 1. The Morgan fingerprint density at radius 1 is 0.833 bits per heavy atom. The van der Waals surface area contributed by atoms with Crippen LogP contribution in [-0.4, -0.2) is 61.4 Å². The summed E-state index contributed by atoms with van der Waals surface area (Å²) < 4.78 is 56.5. The summed E-state index contributed by atoms with van der Waals surface area (Å²) in [5, 5.41) is 4.19. The number of hydrogen-bond acceptors (Lipinski definition) is 5. The van der Waals surface area contributed by atoms with Gasteiger partial charge in [0.05, 0.1) is 16.3 Å². The Morgan fingerprint density at radius 2 is 1.30 bits per heavy atom. The third-order valence-corrected chi connectivity index (χ3v) is 9.66. The fraction of sp³-hybridized carbons (Fsp3) is 0.550. The Kier molecular flexibility index (Phi) is 5.92. The Labute approximate surface area is 179 Å². The monoisotopic (exact) mass is 454 g/mol. The van der Waals surface area contributed by atoms with E-state index < -0.39 is 20.0 Å². The molecular weight excluding hydrogens is 424 g/mol. The molecule has 0 amide bonds. The molecule has 166 valence electrons. The summed E-state index contributed by atoms with van der Waals surface area (Å²) in [4.78, 5) is 0.435. The molecule has 0 bridgehead atoms. The molecule has 0 N–H and O–H groups in total. The van der Waals surface area contributed by atoms with Crippen LogP contribution in [0.2, 0.25) is 0 Å². The van der Waals surface area contributed by atoms with Gasteiger partial charge in [-0.25, -0.2) is 16.8 Å². The summed E-state index contributed by atoms with van der Waals surface area (Å²) in [6, 6.07) is 6.92. The van der Waals surface area contributed by atoms with Gasteiger partial charge >= 0.3 is 0 Å². The van der Waals surface area contributed by atoms with Crippen LogP contribution in [0.5, 0.6) is 0 Å². The fourth-order valence-electron chi connectivity index (χ4n) is 3.68. The zero-order valence-electron chi connectivity index (χ0n) is 18.4. The molecule has 1 saturated heterocycles. The Morgan fingerprint density at radius 3 is 1.70 bits per heavy atom. The predicted octanol–water partition coefficient (Wildman–Crippen LogP) is 2.03. The minimum absolute atomic E-state index is 0.0646. The largest absolute Gasteiger partial charge is 0.271 e. The first-order valence-corrected chi connectivity index (χ1v) is 12.8. The minimum atomic E-state index is -3.73. The van der Waals surface area contributed by atoms with E-state index in [1.807, 2.05) is 12.1 Å². The highest BCUT2D eigenvalue weighted by atomic mass is 32.2. The standard InChI is InChI=1S/C20H30N4O4S2/c1-15-19(16(2)22(6)21-15)30(27,28)24-13-11-23(12-14-24)29(25,26)18-9-7-17(8-10-18)20(3,4)5/h7-10H,11-14H2,1-6H3. The fourth-order valence-corrected chi connectivity index (χ4v) is 6.93. The van der Waals surface area contributed by atoms with Crippen LogP contribution in [0.15, 0.2) is 34.1 Å². The van der Waals surface area contributed by atoms with E-state index in [2.05, 4.69) is 25.9 Å². The maximum absolute atomic E-state index is 13.1. The molecule has 1 fully saturated rings. The van der Waals surface area contributed by atoms with Gasteiger partial charge in [0.2, 0.25) is 20.0 Å². The van der Waals surface area contributed by atoms with Crippen molar-refractivity contribution in [3.05, 3.63) is 41.2 Å². The Bertz CT molecular complexity index is 1140. The summed E-state index contributed by atoms with van der Waals surface area (Å²) in [5.74, 6) is 0. The highest BCUT2D eigenvalue weighted by molar-refractivity contribution is 7.89. The maximum Gasteiger partial charge on any atom is 0.246 e. The first-order chi connectivity index (χ1) is 13.8. The number of nitrogens with zero attached hydrogens (tertiary/aromatic N) is 4. The highest BCUT2D eigenvalue weighted by Gasteiger charge is 2.36. The van der Waals surface area contributed by atoms with Crippen LogP contribution in [0.25, 0.3) is 0 Å². The zero-order chi connectivity index (χ0) is 22.5. The van der Waals surface area contributed by atoms with Gasteiger partial charge in [0.1, 0.15) is 4.90 Å². The zero-order valence-corrected chi connectivity index (χ0v) is 20.0. The van der Waals surface area contributed by atoms with Gasteiger partial charge < -0.3 is 0 Å². The second kappa shape index (κ2) is 7.74. The van der Waals surface area contributed by atoms with E-state index in [1.54, 1.807) is 37.7 Å². The molecule has 1 aromatic heterocycles. The average molecular weight is 455 g/mol. The Balaban J connectivity index is 1.77. The minimum Gasteiger partial charge on any atom is -0.271 e. The molecule has 10 heteroatoms. The van der Waals surface area contributed by atoms with Gasteiger partial charge in [-0.05, 0) is 37.0 Å². The smallest absolute Gasteiger partial charge is 0.246 e. The lowest BCUT2D eigenvalue weighted by Gasteiger charge is -2.33. The molecule has 0 radical (unpaired) electrons. The molecule has 2 heterocycles. The molecule has 0 unspecified atom stereocenters. The number of piperazine rings is 1. The maximum atomic E-state index is 13.1. The topological polar surface area (TPSA) is 92.6 Å². The number of aromatic nitrogens is 2. The molecule has 8 nitrogen and oxygen atoms in total. The van der Waals surface area contributed by atoms with Crippen molar-refractivity contribution < 1.29 is 16.8 Å². The van der Waals surface area contributed by atoms with Gasteiger partial charge in [0, 0.05) is 33.2 Å². The van der Waals surface area contributed by atoms with Gasteiger partial charge in [0.15, 0.2) is 0 Å². The first-order valence-electron chi connectivity index (χ1n) is 9.87. The van der Waals surface area contributed by atoms with Gasteiger partial charge in [0.25, 0.3) is 0 Å². The third kappa shape index (κ3) is 4.05. The van der Waals surface area contributed by atoms with Gasteiger partial charge in [-0.3, -0.25) is 4.68 Å². The summed E-state index contributed by atoms with van der Waals surface area (Å²) >= 11 is 0. The van der Waals surface area contributed by atoms with E-state index in [4.69, 9.17) is 0 Å².